The number of hydrogen-bond donors (Lipinski definition) is 1. The van der Waals surface area contributed by atoms with Gasteiger partial charge in [0.1, 0.15) is 11.3 Å². The van der Waals surface area contributed by atoms with Gasteiger partial charge in [0.2, 0.25) is 0 Å². The van der Waals surface area contributed by atoms with Gasteiger partial charge >= 0.3 is 0 Å². The number of anilines is 1. The molecule has 2 aromatic heterocycles. The summed E-state index contributed by atoms with van der Waals surface area (Å²) in [5.74, 6) is 0.0153. The van der Waals surface area contributed by atoms with E-state index >= 15 is 0 Å². The highest BCUT2D eigenvalue weighted by Gasteiger charge is 2.42. The van der Waals surface area contributed by atoms with Crippen LogP contribution in [0.25, 0.3) is 0 Å². The Morgan fingerprint density at radius 3 is 3.00 bits per heavy atom. The molecule has 25 heavy (non-hydrogen) atoms. The van der Waals surface area contributed by atoms with Gasteiger partial charge in [0.05, 0.1) is 19.7 Å². The van der Waals surface area contributed by atoms with E-state index in [9.17, 15) is 9.18 Å². The Morgan fingerprint density at radius 2 is 2.20 bits per heavy atom. The number of aromatic nitrogens is 2. The van der Waals surface area contributed by atoms with Gasteiger partial charge in [-0.15, -0.1) is 0 Å². The van der Waals surface area contributed by atoms with Crippen LogP contribution in [0.15, 0.2) is 36.7 Å². The van der Waals surface area contributed by atoms with Crippen LogP contribution in [0.4, 0.5) is 10.2 Å². The number of H-pyrrole nitrogens is 1. The van der Waals surface area contributed by atoms with Crippen molar-refractivity contribution in [2.24, 2.45) is 0 Å². The summed E-state index contributed by atoms with van der Waals surface area (Å²) < 4.78 is 20.2. The van der Waals surface area contributed by atoms with Gasteiger partial charge in [0.15, 0.2) is 11.6 Å². The molecule has 0 bridgehead atoms. The number of carbonyl (C=O) groups is 1. The first-order valence-electron chi connectivity index (χ1n) is 8.59. The predicted molar refractivity (Wildman–Crippen MR) is 91.0 cm³/mol. The molecule has 1 atom stereocenters. The fraction of sp³-hybridized carbons (Fsp3) is 0.444. The molecule has 1 spiro atoms. The average molecular weight is 344 g/mol. The van der Waals surface area contributed by atoms with E-state index in [2.05, 4.69) is 9.97 Å². The van der Waals surface area contributed by atoms with E-state index in [1.165, 1.54) is 6.07 Å². The highest BCUT2D eigenvalue weighted by molar-refractivity contribution is 5.92. The maximum Gasteiger partial charge on any atom is 0.270 e. The Balaban J connectivity index is 1.52. The smallest absolute Gasteiger partial charge is 0.270 e. The van der Waals surface area contributed by atoms with Crippen molar-refractivity contribution in [2.45, 2.75) is 18.4 Å². The summed E-state index contributed by atoms with van der Waals surface area (Å²) in [6.45, 7) is 2.84. The molecule has 1 amide bonds. The van der Waals surface area contributed by atoms with Crippen LogP contribution in [-0.2, 0) is 4.74 Å². The first kappa shape index (κ1) is 16.1. The van der Waals surface area contributed by atoms with Gasteiger partial charge in [0, 0.05) is 25.5 Å². The molecule has 1 N–H and O–H groups in total. The van der Waals surface area contributed by atoms with Crippen LogP contribution in [-0.4, -0.2) is 59.2 Å². The van der Waals surface area contributed by atoms with Gasteiger partial charge in [-0.3, -0.25) is 4.79 Å². The number of nitrogens with zero attached hydrogens (tertiary/aromatic N) is 3. The summed E-state index contributed by atoms with van der Waals surface area (Å²) in [6.07, 6.45) is 5.07. The van der Waals surface area contributed by atoms with Crippen molar-refractivity contribution in [3.63, 3.8) is 0 Å². The number of ether oxygens (including phenoxy) is 1. The van der Waals surface area contributed by atoms with Crippen LogP contribution < -0.4 is 4.90 Å². The van der Waals surface area contributed by atoms with Crippen molar-refractivity contribution in [3.05, 3.63) is 48.2 Å². The summed E-state index contributed by atoms with van der Waals surface area (Å²) >= 11 is 0. The highest BCUT2D eigenvalue weighted by atomic mass is 19.1. The number of piperidine rings is 1. The van der Waals surface area contributed by atoms with E-state index in [4.69, 9.17) is 4.74 Å². The number of hydrogen-bond acceptors (Lipinski definition) is 4. The number of aromatic amines is 1. The number of halogens is 1. The second kappa shape index (κ2) is 6.48. The number of morpholine rings is 1. The van der Waals surface area contributed by atoms with Gasteiger partial charge in [-0.25, -0.2) is 9.37 Å². The zero-order chi connectivity index (χ0) is 17.3. The Hall–Kier alpha value is -2.41. The summed E-state index contributed by atoms with van der Waals surface area (Å²) in [4.78, 5) is 23.6. The van der Waals surface area contributed by atoms with Crippen LogP contribution in [0.1, 0.15) is 23.3 Å². The summed E-state index contributed by atoms with van der Waals surface area (Å²) in [7, 11) is 0. The third-order valence-electron chi connectivity index (χ3n) is 4.94. The molecular weight excluding hydrogens is 323 g/mol. The topological polar surface area (TPSA) is 61.5 Å². The van der Waals surface area contributed by atoms with E-state index in [-0.39, 0.29) is 11.7 Å². The molecule has 2 aromatic rings. The van der Waals surface area contributed by atoms with Gasteiger partial charge in [0.25, 0.3) is 5.91 Å². The molecule has 4 rings (SSSR count). The quantitative estimate of drug-likeness (QED) is 0.906. The lowest BCUT2D eigenvalue weighted by atomic mass is 9.90. The maximum absolute atomic E-state index is 14.1. The van der Waals surface area contributed by atoms with Gasteiger partial charge in [-0.05, 0) is 37.1 Å². The average Bonchev–Trinajstić information content (AvgIpc) is 3.16. The number of nitrogens with one attached hydrogen (secondary N) is 1. The number of amides is 1. The largest absolute Gasteiger partial charge is 0.369 e. The molecule has 2 fully saturated rings. The van der Waals surface area contributed by atoms with Crippen LogP contribution >= 0.6 is 0 Å². The molecule has 0 aliphatic carbocycles. The van der Waals surface area contributed by atoms with Gasteiger partial charge in [-0.1, -0.05) is 0 Å². The second-order valence-corrected chi connectivity index (χ2v) is 6.68. The third-order valence-corrected chi connectivity index (χ3v) is 4.94. The van der Waals surface area contributed by atoms with E-state index in [1.54, 1.807) is 24.5 Å². The van der Waals surface area contributed by atoms with Crippen molar-refractivity contribution >= 4 is 11.7 Å². The Kier molecular flexibility index (Phi) is 4.17. The fourth-order valence-corrected chi connectivity index (χ4v) is 3.79. The van der Waals surface area contributed by atoms with Crippen molar-refractivity contribution < 1.29 is 13.9 Å². The second-order valence-electron chi connectivity index (χ2n) is 6.68. The lowest BCUT2D eigenvalue weighted by Gasteiger charge is -2.48. The molecule has 2 aliphatic rings. The molecule has 0 radical (unpaired) electrons. The lowest BCUT2D eigenvalue weighted by Crippen LogP contribution is -2.61. The minimum atomic E-state index is -0.470. The minimum absolute atomic E-state index is 0.0196. The first-order valence-corrected chi connectivity index (χ1v) is 8.59. The van der Waals surface area contributed by atoms with Crippen LogP contribution in [0, 0.1) is 5.82 Å². The zero-order valence-electron chi connectivity index (χ0n) is 13.9. The molecule has 6 nitrogen and oxygen atoms in total. The molecule has 0 saturated carbocycles. The van der Waals surface area contributed by atoms with Gasteiger partial charge in [-0.2, -0.15) is 0 Å². The number of rotatable bonds is 2. The van der Waals surface area contributed by atoms with E-state index in [1.807, 2.05) is 15.9 Å². The maximum atomic E-state index is 14.1. The minimum Gasteiger partial charge on any atom is -0.369 e. The monoisotopic (exact) mass is 344 g/mol. The molecule has 2 aliphatic heterocycles. The van der Waals surface area contributed by atoms with E-state index in [0.29, 0.717) is 37.8 Å². The Bertz CT molecular complexity index is 747. The summed E-state index contributed by atoms with van der Waals surface area (Å²) in [6, 6.07) is 6.61. The third kappa shape index (κ3) is 3.11. The van der Waals surface area contributed by atoms with Crippen LogP contribution in [0.2, 0.25) is 0 Å². The normalized spacial score (nSPS) is 23.9. The first-order chi connectivity index (χ1) is 12.2. The van der Waals surface area contributed by atoms with E-state index < -0.39 is 5.60 Å². The van der Waals surface area contributed by atoms with Crippen molar-refractivity contribution in [3.8, 4) is 0 Å². The SMILES string of the molecule is O=C(c1ccc[nH]1)N1CCO[C@@]2(CCCN(c3ncccc3F)C2)C1. The fourth-order valence-electron chi connectivity index (χ4n) is 3.79. The van der Waals surface area contributed by atoms with Crippen molar-refractivity contribution in [2.75, 3.05) is 37.7 Å². The van der Waals surface area contributed by atoms with Crippen molar-refractivity contribution in [1.29, 1.82) is 0 Å². The molecular formula is C18H21FN4O2. The molecule has 0 aromatic carbocycles. The Labute approximate surface area is 145 Å². The van der Waals surface area contributed by atoms with E-state index in [0.717, 1.165) is 19.4 Å². The zero-order valence-corrected chi connectivity index (χ0v) is 13.9. The van der Waals surface area contributed by atoms with Crippen LogP contribution in [0.3, 0.4) is 0 Å². The lowest BCUT2D eigenvalue weighted by molar-refractivity contribution is -0.105. The van der Waals surface area contributed by atoms with Gasteiger partial charge < -0.3 is 19.5 Å². The molecule has 4 heterocycles. The summed E-state index contributed by atoms with van der Waals surface area (Å²) in [5.41, 5.74) is 0.114. The molecule has 7 heteroatoms. The standard InChI is InChI=1S/C18H21FN4O2/c19-14-4-1-8-21-16(14)22-9-3-6-18(12-22)13-23(10-11-25-18)17(24)15-5-2-7-20-15/h1-2,4-5,7-8,20H,3,6,9-13H2/t18-/m1/s1. The number of pyridine rings is 1. The van der Waals surface area contributed by atoms with Crippen molar-refractivity contribution in [1.82, 2.24) is 14.9 Å². The molecule has 2 saturated heterocycles. The van der Waals surface area contributed by atoms with Crippen LogP contribution in [0.5, 0.6) is 0 Å². The molecule has 132 valence electrons. The predicted octanol–water partition coefficient (Wildman–Crippen LogP) is 2.06. The molecule has 0 unspecified atom stereocenters. The number of carbonyl (C=O) groups excluding carboxylic acids is 1. The Morgan fingerprint density at radius 1 is 1.28 bits per heavy atom. The summed E-state index contributed by atoms with van der Waals surface area (Å²) in [5, 5.41) is 0. The highest BCUT2D eigenvalue weighted by Crippen LogP contribution is 2.32.